The first-order chi connectivity index (χ1) is 9.92. The fourth-order valence-electron chi connectivity index (χ4n) is 2.59. The number of hydrogen-bond donors (Lipinski definition) is 1. The molecule has 0 saturated carbocycles. The Balaban J connectivity index is 1.70. The van der Waals surface area contributed by atoms with Gasteiger partial charge < -0.3 is 19.3 Å². The molecule has 104 valence electrons. The summed E-state index contributed by atoms with van der Waals surface area (Å²) in [6.07, 6.45) is 0.948. The number of hydrogen-bond acceptors (Lipinski definition) is 6. The van der Waals surface area contributed by atoms with E-state index in [-0.39, 0.29) is 5.92 Å². The van der Waals surface area contributed by atoms with Crippen LogP contribution in [0.2, 0.25) is 0 Å². The van der Waals surface area contributed by atoms with Gasteiger partial charge in [0.1, 0.15) is 6.61 Å². The number of anilines is 1. The zero-order chi connectivity index (χ0) is 13.4. The van der Waals surface area contributed by atoms with Gasteiger partial charge in [-0.15, -0.1) is 0 Å². The number of para-hydroxylation sites is 1. The second-order valence-corrected chi connectivity index (χ2v) is 4.98. The van der Waals surface area contributed by atoms with Crippen molar-refractivity contribution in [2.75, 3.05) is 31.7 Å². The van der Waals surface area contributed by atoms with Crippen LogP contribution in [0.15, 0.2) is 22.7 Å². The van der Waals surface area contributed by atoms with E-state index in [1.807, 2.05) is 18.2 Å². The van der Waals surface area contributed by atoms with Crippen LogP contribution in [0, 0.1) is 0 Å². The molecule has 0 spiro atoms. The number of aromatic nitrogens is 2. The summed E-state index contributed by atoms with van der Waals surface area (Å²) in [6.45, 7) is 2.89. The summed E-state index contributed by atoms with van der Waals surface area (Å²) in [5.41, 5.74) is 1.81. The summed E-state index contributed by atoms with van der Waals surface area (Å²) < 4.78 is 16.5. The zero-order valence-corrected chi connectivity index (χ0v) is 11.0. The molecule has 3 heterocycles. The normalized spacial score (nSPS) is 21.1. The van der Waals surface area contributed by atoms with E-state index in [1.165, 1.54) is 0 Å². The topological polar surface area (TPSA) is 69.4 Å². The quantitative estimate of drug-likeness (QED) is 0.903. The number of nitrogens with one attached hydrogen (secondary N) is 1. The molecular weight excluding hydrogens is 258 g/mol. The maximum atomic E-state index is 5.73. The molecule has 2 aromatic rings. The van der Waals surface area contributed by atoms with Crippen LogP contribution in [0.4, 0.5) is 5.69 Å². The van der Waals surface area contributed by atoms with Crippen molar-refractivity contribution in [3.05, 3.63) is 24.0 Å². The molecule has 1 N–H and O–H groups in total. The fourth-order valence-corrected chi connectivity index (χ4v) is 2.59. The van der Waals surface area contributed by atoms with E-state index >= 15 is 0 Å². The van der Waals surface area contributed by atoms with Crippen LogP contribution in [0.3, 0.4) is 0 Å². The van der Waals surface area contributed by atoms with Gasteiger partial charge in [-0.05, 0) is 18.6 Å². The Hall–Kier alpha value is -2.08. The lowest BCUT2D eigenvalue weighted by Gasteiger charge is -2.20. The van der Waals surface area contributed by atoms with Crippen molar-refractivity contribution in [3.63, 3.8) is 0 Å². The predicted molar refractivity (Wildman–Crippen MR) is 71.9 cm³/mol. The summed E-state index contributed by atoms with van der Waals surface area (Å²) in [5, 5.41) is 7.38. The van der Waals surface area contributed by atoms with Crippen molar-refractivity contribution >= 4 is 5.69 Å². The van der Waals surface area contributed by atoms with Crippen molar-refractivity contribution in [2.24, 2.45) is 0 Å². The van der Waals surface area contributed by atoms with E-state index in [9.17, 15) is 0 Å². The van der Waals surface area contributed by atoms with Crippen LogP contribution in [0.5, 0.6) is 5.75 Å². The number of fused-ring (bicyclic) bond motifs is 1. The highest BCUT2D eigenvalue weighted by atomic mass is 16.5. The van der Waals surface area contributed by atoms with Gasteiger partial charge in [0.2, 0.25) is 0 Å². The minimum Gasteiger partial charge on any atom is -0.489 e. The standard InChI is InChI=1S/C14H15N3O3/c1-2-10(12-11(3-1)15-5-7-19-12)14-16-13(17-20-14)9-4-6-18-8-9/h1-3,9,15H,4-8H2. The van der Waals surface area contributed by atoms with E-state index in [4.69, 9.17) is 14.0 Å². The SMILES string of the molecule is c1cc2c(c(-c3nc(C4CCOC4)no3)c1)OCCN2. The van der Waals surface area contributed by atoms with Gasteiger partial charge in [0.05, 0.1) is 17.9 Å². The lowest BCUT2D eigenvalue weighted by molar-refractivity contribution is 0.192. The first kappa shape index (κ1) is 11.7. The minimum absolute atomic E-state index is 0.242. The van der Waals surface area contributed by atoms with Crippen molar-refractivity contribution in [2.45, 2.75) is 12.3 Å². The van der Waals surface area contributed by atoms with Gasteiger partial charge in [-0.2, -0.15) is 4.98 Å². The van der Waals surface area contributed by atoms with Crippen LogP contribution < -0.4 is 10.1 Å². The Morgan fingerprint density at radius 1 is 1.25 bits per heavy atom. The zero-order valence-electron chi connectivity index (χ0n) is 11.0. The molecule has 2 aliphatic heterocycles. The summed E-state index contributed by atoms with van der Waals surface area (Å²) in [7, 11) is 0. The van der Waals surface area contributed by atoms with Crippen LogP contribution in [0.25, 0.3) is 11.5 Å². The van der Waals surface area contributed by atoms with Gasteiger partial charge in [0.15, 0.2) is 11.6 Å². The first-order valence-electron chi connectivity index (χ1n) is 6.83. The lowest BCUT2D eigenvalue weighted by Crippen LogP contribution is -2.18. The highest BCUT2D eigenvalue weighted by Crippen LogP contribution is 2.37. The molecule has 6 heteroatoms. The second-order valence-electron chi connectivity index (χ2n) is 4.98. The molecule has 20 heavy (non-hydrogen) atoms. The summed E-state index contributed by atoms with van der Waals surface area (Å²) >= 11 is 0. The molecular formula is C14H15N3O3. The van der Waals surface area contributed by atoms with Crippen molar-refractivity contribution in [1.29, 1.82) is 0 Å². The minimum atomic E-state index is 0.242. The summed E-state index contributed by atoms with van der Waals surface area (Å²) in [6, 6.07) is 5.88. The third kappa shape index (κ3) is 1.92. The molecule has 0 radical (unpaired) electrons. The number of benzene rings is 1. The summed E-state index contributed by atoms with van der Waals surface area (Å²) in [4.78, 5) is 4.51. The molecule has 1 atom stereocenters. The van der Waals surface area contributed by atoms with Crippen LogP contribution in [-0.4, -0.2) is 36.5 Å². The van der Waals surface area contributed by atoms with Crippen molar-refractivity contribution < 1.29 is 14.0 Å². The third-order valence-corrected chi connectivity index (χ3v) is 3.65. The van der Waals surface area contributed by atoms with Gasteiger partial charge in [-0.25, -0.2) is 0 Å². The van der Waals surface area contributed by atoms with Crippen LogP contribution >= 0.6 is 0 Å². The van der Waals surface area contributed by atoms with Gasteiger partial charge in [0, 0.05) is 19.1 Å². The van der Waals surface area contributed by atoms with Gasteiger partial charge >= 0.3 is 0 Å². The highest BCUT2D eigenvalue weighted by molar-refractivity contribution is 5.74. The Kier molecular flexibility index (Phi) is 2.81. The van der Waals surface area contributed by atoms with E-state index in [0.29, 0.717) is 19.1 Å². The molecule has 0 aliphatic carbocycles. The molecule has 1 fully saturated rings. The number of ether oxygens (including phenoxy) is 2. The van der Waals surface area contributed by atoms with Gasteiger partial charge in [-0.3, -0.25) is 0 Å². The summed E-state index contributed by atoms with van der Waals surface area (Å²) in [5.74, 6) is 2.26. The first-order valence-corrected chi connectivity index (χ1v) is 6.83. The molecule has 0 amide bonds. The monoisotopic (exact) mass is 273 g/mol. The Labute approximate surface area is 116 Å². The number of rotatable bonds is 2. The number of nitrogens with zero attached hydrogens (tertiary/aromatic N) is 2. The molecule has 1 saturated heterocycles. The Bertz CT molecular complexity index is 620. The van der Waals surface area contributed by atoms with Crippen molar-refractivity contribution in [1.82, 2.24) is 10.1 Å². The maximum absolute atomic E-state index is 5.73. The van der Waals surface area contributed by atoms with E-state index < -0.39 is 0 Å². The van der Waals surface area contributed by atoms with Crippen molar-refractivity contribution in [3.8, 4) is 17.2 Å². The highest BCUT2D eigenvalue weighted by Gasteiger charge is 2.25. The molecule has 1 aromatic heterocycles. The average molecular weight is 273 g/mol. The largest absolute Gasteiger partial charge is 0.489 e. The second kappa shape index (κ2) is 4.79. The van der Waals surface area contributed by atoms with Gasteiger partial charge in [0.25, 0.3) is 5.89 Å². The fraction of sp³-hybridized carbons (Fsp3) is 0.429. The third-order valence-electron chi connectivity index (χ3n) is 3.65. The smallest absolute Gasteiger partial charge is 0.261 e. The van der Waals surface area contributed by atoms with E-state index in [1.54, 1.807) is 0 Å². The molecule has 4 rings (SSSR count). The molecule has 1 aromatic carbocycles. The average Bonchev–Trinajstić information content (AvgIpc) is 3.17. The molecule has 6 nitrogen and oxygen atoms in total. The molecule has 0 bridgehead atoms. The maximum Gasteiger partial charge on any atom is 0.261 e. The Morgan fingerprint density at radius 3 is 3.15 bits per heavy atom. The van der Waals surface area contributed by atoms with Gasteiger partial charge in [-0.1, -0.05) is 11.2 Å². The predicted octanol–water partition coefficient (Wildman–Crippen LogP) is 2.04. The molecule has 2 aliphatic rings. The van der Waals surface area contributed by atoms with E-state index in [2.05, 4.69) is 15.5 Å². The lowest BCUT2D eigenvalue weighted by atomic mass is 10.1. The van der Waals surface area contributed by atoms with Crippen LogP contribution in [0.1, 0.15) is 18.2 Å². The Morgan fingerprint density at radius 2 is 2.25 bits per heavy atom. The molecule has 1 unspecified atom stereocenters. The van der Waals surface area contributed by atoms with Crippen LogP contribution in [-0.2, 0) is 4.74 Å². The van der Waals surface area contributed by atoms with E-state index in [0.717, 1.165) is 42.4 Å².